The topological polar surface area (TPSA) is 94.0 Å². The van der Waals surface area contributed by atoms with E-state index < -0.39 is 5.97 Å². The fourth-order valence-corrected chi connectivity index (χ4v) is 1.21. The molecule has 0 saturated heterocycles. The number of aromatic nitrogens is 4. The zero-order chi connectivity index (χ0) is 11.5. The first-order chi connectivity index (χ1) is 7.69. The maximum Gasteiger partial charge on any atom is 0.356 e. The molecule has 1 N–H and O–H groups in total. The van der Waals surface area contributed by atoms with E-state index in [4.69, 9.17) is 9.63 Å². The molecule has 0 amide bonds. The molecule has 7 heteroatoms. The maximum atomic E-state index is 10.6. The van der Waals surface area contributed by atoms with Crippen LogP contribution in [0.5, 0.6) is 0 Å². The lowest BCUT2D eigenvalue weighted by molar-refractivity contribution is 0.0691. The molecule has 2 heterocycles. The summed E-state index contributed by atoms with van der Waals surface area (Å²) in [5, 5.41) is 12.4. The van der Waals surface area contributed by atoms with Crippen molar-refractivity contribution in [3.05, 3.63) is 29.9 Å². The monoisotopic (exact) mass is 222 g/mol. The average molecular weight is 222 g/mol. The third-order valence-electron chi connectivity index (χ3n) is 2.00. The number of carboxylic acids is 1. The standard InChI is InChI=1S/C9H10N4O3/c1-2-7-11-8(16-12-7)4-13-3-6(9(14)15)10-5-13/h3,5H,2,4H2,1H3,(H,14,15). The molecule has 7 nitrogen and oxygen atoms in total. The number of rotatable bonds is 4. The molecule has 0 aliphatic carbocycles. The molecule has 0 radical (unpaired) electrons. The highest BCUT2D eigenvalue weighted by Crippen LogP contribution is 2.03. The third kappa shape index (κ3) is 2.08. The van der Waals surface area contributed by atoms with Crippen LogP contribution >= 0.6 is 0 Å². The summed E-state index contributed by atoms with van der Waals surface area (Å²) in [6, 6.07) is 0. The highest BCUT2D eigenvalue weighted by atomic mass is 16.5. The first-order valence-corrected chi connectivity index (χ1v) is 4.75. The normalized spacial score (nSPS) is 10.6. The van der Waals surface area contributed by atoms with E-state index in [1.54, 1.807) is 4.57 Å². The van der Waals surface area contributed by atoms with Crippen LogP contribution in [-0.4, -0.2) is 30.8 Å². The van der Waals surface area contributed by atoms with E-state index in [2.05, 4.69) is 15.1 Å². The van der Waals surface area contributed by atoms with E-state index >= 15 is 0 Å². The van der Waals surface area contributed by atoms with Crippen LogP contribution < -0.4 is 0 Å². The van der Waals surface area contributed by atoms with Gasteiger partial charge in [-0.1, -0.05) is 12.1 Å². The zero-order valence-electron chi connectivity index (χ0n) is 8.62. The number of hydrogen-bond donors (Lipinski definition) is 1. The van der Waals surface area contributed by atoms with Crippen molar-refractivity contribution in [3.8, 4) is 0 Å². The van der Waals surface area contributed by atoms with Gasteiger partial charge in [0.2, 0.25) is 5.89 Å². The Morgan fingerprint density at radius 1 is 1.62 bits per heavy atom. The quantitative estimate of drug-likeness (QED) is 0.812. The molecule has 0 saturated carbocycles. The van der Waals surface area contributed by atoms with Gasteiger partial charge >= 0.3 is 5.97 Å². The van der Waals surface area contributed by atoms with Crippen LogP contribution in [-0.2, 0) is 13.0 Å². The van der Waals surface area contributed by atoms with E-state index in [1.807, 2.05) is 6.92 Å². The molecule has 2 aromatic rings. The fraction of sp³-hybridized carbons (Fsp3) is 0.333. The van der Waals surface area contributed by atoms with Crippen molar-refractivity contribution >= 4 is 5.97 Å². The predicted octanol–water partition coefficient (Wildman–Crippen LogP) is 0.575. The Kier molecular flexibility index (Phi) is 2.67. The van der Waals surface area contributed by atoms with E-state index in [9.17, 15) is 4.79 Å². The first-order valence-electron chi connectivity index (χ1n) is 4.75. The average Bonchev–Trinajstić information content (AvgIpc) is 2.87. The molecule has 84 valence electrons. The van der Waals surface area contributed by atoms with E-state index in [0.29, 0.717) is 24.7 Å². The Bertz CT molecular complexity index is 502. The maximum absolute atomic E-state index is 10.6. The van der Waals surface area contributed by atoms with Crippen molar-refractivity contribution in [3.63, 3.8) is 0 Å². The second-order valence-corrected chi connectivity index (χ2v) is 3.19. The minimum absolute atomic E-state index is 0.00442. The highest BCUT2D eigenvalue weighted by Gasteiger charge is 2.09. The number of carboxylic acid groups (broad SMARTS) is 1. The summed E-state index contributed by atoms with van der Waals surface area (Å²) in [7, 11) is 0. The van der Waals surface area contributed by atoms with Gasteiger partial charge in [-0.15, -0.1) is 0 Å². The van der Waals surface area contributed by atoms with Gasteiger partial charge in [-0.05, 0) is 0 Å². The number of aryl methyl sites for hydroxylation is 1. The fourth-order valence-electron chi connectivity index (χ4n) is 1.21. The van der Waals surface area contributed by atoms with Gasteiger partial charge in [-0.2, -0.15) is 4.98 Å². The van der Waals surface area contributed by atoms with E-state index in [-0.39, 0.29) is 5.69 Å². The van der Waals surface area contributed by atoms with Gasteiger partial charge < -0.3 is 14.2 Å². The molecule has 0 spiro atoms. The summed E-state index contributed by atoms with van der Waals surface area (Å²) in [6.07, 6.45) is 3.53. The van der Waals surface area contributed by atoms with Gasteiger partial charge in [0.05, 0.1) is 6.33 Å². The molecular formula is C9H10N4O3. The van der Waals surface area contributed by atoms with Gasteiger partial charge in [0, 0.05) is 12.6 Å². The van der Waals surface area contributed by atoms with Crippen LogP contribution in [0.4, 0.5) is 0 Å². The molecular weight excluding hydrogens is 212 g/mol. The number of nitrogens with zero attached hydrogens (tertiary/aromatic N) is 4. The summed E-state index contributed by atoms with van der Waals surface area (Å²) in [6.45, 7) is 2.25. The lowest BCUT2D eigenvalue weighted by atomic mass is 10.5. The van der Waals surface area contributed by atoms with Crippen LogP contribution in [0.1, 0.15) is 29.1 Å². The van der Waals surface area contributed by atoms with Crippen LogP contribution in [0.15, 0.2) is 17.0 Å². The molecule has 0 atom stereocenters. The number of hydrogen-bond acceptors (Lipinski definition) is 5. The Labute approximate surface area is 90.7 Å². The van der Waals surface area contributed by atoms with Crippen molar-refractivity contribution in [1.29, 1.82) is 0 Å². The van der Waals surface area contributed by atoms with Crippen LogP contribution in [0, 0.1) is 0 Å². The minimum Gasteiger partial charge on any atom is -0.476 e. The molecule has 0 aromatic carbocycles. The summed E-state index contributed by atoms with van der Waals surface area (Å²) < 4.78 is 6.55. The van der Waals surface area contributed by atoms with Gasteiger partial charge in [0.1, 0.15) is 6.54 Å². The molecule has 0 aliphatic heterocycles. The third-order valence-corrected chi connectivity index (χ3v) is 2.00. The molecule has 16 heavy (non-hydrogen) atoms. The molecule has 0 fully saturated rings. The lowest BCUT2D eigenvalue weighted by Crippen LogP contribution is -1.98. The van der Waals surface area contributed by atoms with Gasteiger partial charge in [-0.25, -0.2) is 9.78 Å². The molecule has 2 aromatic heterocycles. The summed E-state index contributed by atoms with van der Waals surface area (Å²) >= 11 is 0. The zero-order valence-corrected chi connectivity index (χ0v) is 8.62. The first kappa shape index (κ1) is 10.3. The second-order valence-electron chi connectivity index (χ2n) is 3.19. The molecule has 2 rings (SSSR count). The largest absolute Gasteiger partial charge is 0.476 e. The van der Waals surface area contributed by atoms with Crippen molar-refractivity contribution in [2.24, 2.45) is 0 Å². The van der Waals surface area contributed by atoms with Crippen LogP contribution in [0.25, 0.3) is 0 Å². The Morgan fingerprint density at radius 2 is 2.44 bits per heavy atom. The molecule has 0 unspecified atom stereocenters. The van der Waals surface area contributed by atoms with Crippen LogP contribution in [0.2, 0.25) is 0 Å². The van der Waals surface area contributed by atoms with Crippen LogP contribution in [0.3, 0.4) is 0 Å². The highest BCUT2D eigenvalue weighted by molar-refractivity contribution is 5.84. The SMILES string of the molecule is CCc1noc(Cn2cnc(C(=O)O)c2)n1. The summed E-state index contributed by atoms with van der Waals surface area (Å²) in [5.74, 6) is 0.0123. The van der Waals surface area contributed by atoms with Crippen molar-refractivity contribution in [2.75, 3.05) is 0 Å². The Balaban J connectivity index is 2.11. The van der Waals surface area contributed by atoms with Crippen molar-refractivity contribution < 1.29 is 14.4 Å². The summed E-state index contributed by atoms with van der Waals surface area (Å²) in [4.78, 5) is 18.4. The summed E-state index contributed by atoms with van der Waals surface area (Å²) in [5.41, 5.74) is -0.00442. The Morgan fingerprint density at radius 3 is 3.00 bits per heavy atom. The Hall–Kier alpha value is -2.18. The van der Waals surface area contributed by atoms with Gasteiger partial charge in [0.15, 0.2) is 11.5 Å². The smallest absolute Gasteiger partial charge is 0.356 e. The lowest BCUT2D eigenvalue weighted by Gasteiger charge is -1.93. The number of aromatic carboxylic acids is 1. The van der Waals surface area contributed by atoms with Crippen molar-refractivity contribution in [2.45, 2.75) is 19.9 Å². The molecule has 0 aliphatic rings. The minimum atomic E-state index is -1.06. The van der Waals surface area contributed by atoms with E-state index in [1.165, 1.54) is 12.5 Å². The van der Waals surface area contributed by atoms with Gasteiger partial charge in [0.25, 0.3) is 0 Å². The second kappa shape index (κ2) is 4.13. The predicted molar refractivity (Wildman–Crippen MR) is 52.0 cm³/mol. The van der Waals surface area contributed by atoms with E-state index in [0.717, 1.165) is 0 Å². The van der Waals surface area contributed by atoms with Crippen molar-refractivity contribution in [1.82, 2.24) is 19.7 Å². The number of carbonyl (C=O) groups is 1. The van der Waals surface area contributed by atoms with Gasteiger partial charge in [-0.3, -0.25) is 0 Å². The molecule has 0 bridgehead atoms. The number of imidazole rings is 1.